The normalized spacial score (nSPS) is 11.9. The number of pyridine rings is 1. The highest BCUT2D eigenvalue weighted by molar-refractivity contribution is 6.13. The minimum atomic E-state index is 0.900. The van der Waals surface area contributed by atoms with Crippen LogP contribution in [0, 0.1) is 6.92 Å². The van der Waals surface area contributed by atoms with Crippen molar-refractivity contribution in [1.29, 1.82) is 0 Å². The Labute approximate surface area is 276 Å². The molecule has 10 aromatic rings. The number of aromatic nitrogens is 5. The first-order valence-electron chi connectivity index (χ1n) is 16.3. The largest absolute Gasteiger partial charge is 0.354 e. The Morgan fingerprint density at radius 3 is 2.19 bits per heavy atom. The average Bonchev–Trinajstić information content (AvgIpc) is 3.81. The van der Waals surface area contributed by atoms with Gasteiger partial charge in [-0.25, -0.2) is 9.97 Å². The van der Waals surface area contributed by atoms with Crippen LogP contribution in [0.2, 0.25) is 0 Å². The van der Waals surface area contributed by atoms with Crippen LogP contribution >= 0.6 is 0 Å². The maximum absolute atomic E-state index is 5.52. The van der Waals surface area contributed by atoms with Gasteiger partial charge in [0, 0.05) is 50.1 Å². The topological polar surface area (TPSA) is 51.4 Å². The summed E-state index contributed by atoms with van der Waals surface area (Å²) < 4.78 is 4.58. The number of imidazole rings is 1. The summed E-state index contributed by atoms with van der Waals surface area (Å²) in [6, 6.07) is 51.6. The fourth-order valence-corrected chi connectivity index (χ4v) is 7.49. The van der Waals surface area contributed by atoms with Crippen LogP contribution in [0.1, 0.15) is 5.56 Å². The Hall–Kier alpha value is -6.46. The van der Waals surface area contributed by atoms with Crippen molar-refractivity contribution in [2.75, 3.05) is 0 Å². The van der Waals surface area contributed by atoms with Crippen LogP contribution in [0.5, 0.6) is 0 Å². The molecule has 0 fully saturated rings. The molecular weight excluding hydrogens is 587 g/mol. The van der Waals surface area contributed by atoms with E-state index in [2.05, 4.69) is 155 Å². The SMILES string of the molecule is Cc1cc(-c2ccc3c4ccccc4n(-c4ccccn4)c3c2)c2nc(-c3cccc4c3[nH]c3ccccc34)n(-c3ccccc3)c2c1. The van der Waals surface area contributed by atoms with Gasteiger partial charge < -0.3 is 4.98 Å². The summed E-state index contributed by atoms with van der Waals surface area (Å²) in [6.07, 6.45) is 1.86. The summed E-state index contributed by atoms with van der Waals surface area (Å²) in [7, 11) is 0. The number of aromatic amines is 1. The molecule has 0 amide bonds. The number of fused-ring (bicyclic) bond motifs is 7. The lowest BCUT2D eigenvalue weighted by Crippen LogP contribution is -1.98. The zero-order valence-electron chi connectivity index (χ0n) is 26.2. The lowest BCUT2D eigenvalue weighted by molar-refractivity contribution is 1.08. The van der Waals surface area contributed by atoms with Crippen LogP contribution in [-0.2, 0) is 0 Å². The Morgan fingerprint density at radius 1 is 0.542 bits per heavy atom. The van der Waals surface area contributed by atoms with Gasteiger partial charge in [0.05, 0.1) is 27.6 Å². The predicted molar refractivity (Wildman–Crippen MR) is 198 cm³/mol. The highest BCUT2D eigenvalue weighted by Gasteiger charge is 2.22. The van der Waals surface area contributed by atoms with Gasteiger partial charge in [-0.3, -0.25) is 9.13 Å². The monoisotopic (exact) mass is 615 g/mol. The van der Waals surface area contributed by atoms with E-state index in [0.717, 1.165) is 67.1 Å². The van der Waals surface area contributed by atoms with Crippen molar-refractivity contribution in [1.82, 2.24) is 24.1 Å². The van der Waals surface area contributed by atoms with Crippen molar-refractivity contribution < 1.29 is 0 Å². The van der Waals surface area contributed by atoms with E-state index in [0.29, 0.717) is 0 Å². The number of nitrogens with zero attached hydrogens (tertiary/aromatic N) is 4. The number of benzene rings is 6. The van der Waals surface area contributed by atoms with E-state index in [1.54, 1.807) is 0 Å². The number of para-hydroxylation sites is 4. The molecule has 5 nitrogen and oxygen atoms in total. The third kappa shape index (κ3) is 3.91. The summed E-state index contributed by atoms with van der Waals surface area (Å²) in [6.45, 7) is 2.17. The van der Waals surface area contributed by atoms with Crippen LogP contribution in [0.4, 0.5) is 0 Å². The Morgan fingerprint density at radius 2 is 1.31 bits per heavy atom. The number of nitrogens with one attached hydrogen (secondary N) is 1. The summed E-state index contributed by atoms with van der Waals surface area (Å²) >= 11 is 0. The van der Waals surface area contributed by atoms with Gasteiger partial charge in [0.1, 0.15) is 11.6 Å². The molecule has 48 heavy (non-hydrogen) atoms. The van der Waals surface area contributed by atoms with Gasteiger partial charge in [0.2, 0.25) is 0 Å². The fraction of sp³-hybridized carbons (Fsp3) is 0.0233. The molecule has 0 radical (unpaired) electrons. The molecule has 0 spiro atoms. The van der Waals surface area contributed by atoms with E-state index < -0.39 is 0 Å². The molecule has 6 aromatic carbocycles. The molecule has 1 N–H and O–H groups in total. The molecule has 0 aliphatic carbocycles. The summed E-state index contributed by atoms with van der Waals surface area (Å²) in [5.41, 5.74) is 12.0. The number of hydrogen-bond acceptors (Lipinski definition) is 2. The van der Waals surface area contributed by atoms with Crippen LogP contribution in [-0.4, -0.2) is 24.1 Å². The molecule has 226 valence electrons. The minimum Gasteiger partial charge on any atom is -0.354 e. The lowest BCUT2D eigenvalue weighted by atomic mass is 10.00. The van der Waals surface area contributed by atoms with E-state index in [9.17, 15) is 0 Å². The van der Waals surface area contributed by atoms with Gasteiger partial charge in [-0.15, -0.1) is 0 Å². The average molecular weight is 616 g/mol. The maximum atomic E-state index is 5.52. The maximum Gasteiger partial charge on any atom is 0.147 e. The molecule has 0 atom stereocenters. The first-order valence-corrected chi connectivity index (χ1v) is 16.3. The Kier molecular flexibility index (Phi) is 5.72. The van der Waals surface area contributed by atoms with Crippen molar-refractivity contribution in [3.05, 3.63) is 157 Å². The first-order chi connectivity index (χ1) is 23.7. The quantitative estimate of drug-likeness (QED) is 0.214. The van der Waals surface area contributed by atoms with Crippen molar-refractivity contribution in [2.24, 2.45) is 0 Å². The smallest absolute Gasteiger partial charge is 0.147 e. The molecule has 0 aliphatic heterocycles. The standard InChI is InChI=1S/C43H29N5/c1-27-24-35(28-21-22-32-31-15-6-8-19-37(31)48(38(32)26-28)40-20-9-10-23-44-40)42-39(25-27)47(29-12-3-2-4-13-29)43(46-42)34-17-11-16-33-30-14-5-7-18-36(30)45-41(33)34/h2-26,45H,1H3. The van der Waals surface area contributed by atoms with Gasteiger partial charge in [-0.2, -0.15) is 0 Å². The van der Waals surface area contributed by atoms with Crippen LogP contribution in [0.3, 0.4) is 0 Å². The second-order valence-electron chi connectivity index (χ2n) is 12.5. The molecule has 4 aromatic heterocycles. The molecule has 0 bridgehead atoms. The molecule has 5 heteroatoms. The molecule has 0 saturated carbocycles. The number of H-pyrrole nitrogens is 1. The molecule has 10 rings (SSSR count). The summed E-state index contributed by atoms with van der Waals surface area (Å²) in [5.74, 6) is 1.81. The van der Waals surface area contributed by atoms with Crippen molar-refractivity contribution >= 4 is 54.6 Å². The third-order valence-corrected chi connectivity index (χ3v) is 9.56. The predicted octanol–water partition coefficient (Wildman–Crippen LogP) is 10.8. The highest BCUT2D eigenvalue weighted by Crippen LogP contribution is 2.40. The zero-order valence-corrected chi connectivity index (χ0v) is 26.2. The van der Waals surface area contributed by atoms with E-state index in [1.165, 1.54) is 27.1 Å². The number of rotatable bonds is 4. The fourth-order valence-electron chi connectivity index (χ4n) is 7.49. The van der Waals surface area contributed by atoms with E-state index in [-0.39, 0.29) is 0 Å². The Bertz CT molecular complexity index is 2840. The first kappa shape index (κ1) is 26.7. The number of aryl methyl sites for hydroxylation is 1. The molecule has 0 unspecified atom stereocenters. The van der Waals surface area contributed by atoms with Crippen LogP contribution in [0.25, 0.3) is 88.7 Å². The zero-order chi connectivity index (χ0) is 31.8. The molecule has 0 aliphatic rings. The Balaban J connectivity index is 1.28. The van der Waals surface area contributed by atoms with Crippen molar-refractivity contribution in [2.45, 2.75) is 6.92 Å². The summed E-state index contributed by atoms with van der Waals surface area (Å²) in [4.78, 5) is 14.0. The van der Waals surface area contributed by atoms with Gasteiger partial charge in [-0.1, -0.05) is 84.9 Å². The molecule has 0 saturated heterocycles. The van der Waals surface area contributed by atoms with Gasteiger partial charge >= 0.3 is 0 Å². The van der Waals surface area contributed by atoms with Gasteiger partial charge in [0.25, 0.3) is 0 Å². The van der Waals surface area contributed by atoms with Crippen LogP contribution in [0.15, 0.2) is 152 Å². The second-order valence-corrected chi connectivity index (χ2v) is 12.5. The van der Waals surface area contributed by atoms with E-state index >= 15 is 0 Å². The molecule has 4 heterocycles. The summed E-state index contributed by atoms with van der Waals surface area (Å²) in [5, 5.41) is 4.81. The van der Waals surface area contributed by atoms with Crippen molar-refractivity contribution in [3.8, 4) is 34.0 Å². The molecular formula is C43H29N5. The third-order valence-electron chi connectivity index (χ3n) is 9.56. The minimum absolute atomic E-state index is 0.900. The highest BCUT2D eigenvalue weighted by atomic mass is 15.1. The second kappa shape index (κ2) is 10.3. The number of hydrogen-bond donors (Lipinski definition) is 1. The lowest BCUT2D eigenvalue weighted by Gasteiger charge is -2.11. The van der Waals surface area contributed by atoms with E-state index in [1.807, 2.05) is 18.3 Å². The van der Waals surface area contributed by atoms with E-state index in [4.69, 9.17) is 9.97 Å². The van der Waals surface area contributed by atoms with Crippen LogP contribution < -0.4 is 0 Å². The van der Waals surface area contributed by atoms with Gasteiger partial charge in [-0.05, 0) is 78.7 Å². The van der Waals surface area contributed by atoms with Crippen molar-refractivity contribution in [3.63, 3.8) is 0 Å². The van der Waals surface area contributed by atoms with Gasteiger partial charge in [0.15, 0.2) is 0 Å².